The molecule has 90 valence electrons. The lowest BCUT2D eigenvalue weighted by atomic mass is 10.0. The molecule has 0 radical (unpaired) electrons. The lowest BCUT2D eigenvalue weighted by molar-refractivity contribution is 0.480. The fourth-order valence-electron chi connectivity index (χ4n) is 3.70. The first-order valence-corrected chi connectivity index (χ1v) is 6.77. The second-order valence-electron chi connectivity index (χ2n) is 5.57. The van der Waals surface area contributed by atoms with Gasteiger partial charge in [0, 0.05) is 5.92 Å². The minimum absolute atomic E-state index is 0.631. The first-order valence-electron chi connectivity index (χ1n) is 6.77. The number of imidazole rings is 1. The summed E-state index contributed by atoms with van der Waals surface area (Å²) in [4.78, 5) is 8.12. The molecule has 2 unspecified atom stereocenters. The van der Waals surface area contributed by atoms with E-state index in [0.717, 1.165) is 28.7 Å². The summed E-state index contributed by atoms with van der Waals surface area (Å²) in [5.74, 6) is 3.45. The van der Waals surface area contributed by atoms with Gasteiger partial charge >= 0.3 is 0 Å². The van der Waals surface area contributed by atoms with Crippen LogP contribution in [0.3, 0.4) is 0 Å². The summed E-state index contributed by atoms with van der Waals surface area (Å²) >= 11 is 0. The van der Waals surface area contributed by atoms with E-state index in [4.69, 9.17) is 10.2 Å². The molecule has 0 aliphatic heterocycles. The lowest BCUT2D eigenvalue weighted by Gasteiger charge is -2.04. The van der Waals surface area contributed by atoms with Crippen molar-refractivity contribution in [2.45, 2.75) is 31.6 Å². The van der Waals surface area contributed by atoms with E-state index in [0.29, 0.717) is 11.5 Å². The van der Waals surface area contributed by atoms with E-state index in [2.05, 4.69) is 11.1 Å². The van der Waals surface area contributed by atoms with E-state index in [1.807, 2.05) is 18.2 Å². The van der Waals surface area contributed by atoms with Gasteiger partial charge in [-0.2, -0.15) is 5.26 Å². The molecule has 1 aromatic heterocycles. The topological polar surface area (TPSA) is 52.5 Å². The van der Waals surface area contributed by atoms with E-state index < -0.39 is 0 Å². The highest BCUT2D eigenvalue weighted by atomic mass is 15.0. The summed E-state index contributed by atoms with van der Waals surface area (Å²) in [6.07, 6.45) is 5.47. The summed E-state index contributed by atoms with van der Waals surface area (Å²) in [5, 5.41) is 9.10. The maximum atomic E-state index is 9.10. The largest absolute Gasteiger partial charge is 0.342 e. The second-order valence-corrected chi connectivity index (χ2v) is 5.57. The molecule has 2 saturated carbocycles. The van der Waals surface area contributed by atoms with Crippen molar-refractivity contribution in [3.63, 3.8) is 0 Å². The van der Waals surface area contributed by atoms with Crippen LogP contribution in [0.15, 0.2) is 18.2 Å². The third-order valence-corrected chi connectivity index (χ3v) is 4.62. The van der Waals surface area contributed by atoms with Gasteiger partial charge in [0.05, 0.1) is 11.1 Å². The smallest absolute Gasteiger partial charge is 0.110 e. The number of rotatable bonds is 1. The minimum atomic E-state index is 0.631. The van der Waals surface area contributed by atoms with Crippen molar-refractivity contribution in [3.05, 3.63) is 29.6 Å². The molecule has 0 bridgehead atoms. The van der Waals surface area contributed by atoms with Crippen LogP contribution < -0.4 is 0 Å². The Morgan fingerprint density at radius 1 is 1.22 bits per heavy atom. The zero-order valence-corrected chi connectivity index (χ0v) is 10.2. The first-order chi connectivity index (χ1) is 8.88. The number of aromatic nitrogens is 2. The van der Waals surface area contributed by atoms with E-state index >= 15 is 0 Å². The number of para-hydroxylation sites is 1. The van der Waals surface area contributed by atoms with Crippen molar-refractivity contribution >= 4 is 11.0 Å². The predicted octanol–water partition coefficient (Wildman–Crippen LogP) is 3.34. The van der Waals surface area contributed by atoms with Crippen LogP contribution in [-0.4, -0.2) is 9.97 Å². The number of nitrogens with zero attached hydrogens (tertiary/aromatic N) is 2. The van der Waals surface area contributed by atoms with Crippen molar-refractivity contribution in [2.24, 2.45) is 11.8 Å². The molecule has 18 heavy (non-hydrogen) atoms. The van der Waals surface area contributed by atoms with E-state index in [9.17, 15) is 0 Å². The average Bonchev–Trinajstić information content (AvgIpc) is 2.99. The normalized spacial score (nSPS) is 29.8. The number of nitriles is 1. The van der Waals surface area contributed by atoms with Gasteiger partial charge < -0.3 is 4.98 Å². The number of fused-ring (bicyclic) bond motifs is 2. The lowest BCUT2D eigenvalue weighted by Crippen LogP contribution is -1.91. The Morgan fingerprint density at radius 3 is 2.72 bits per heavy atom. The molecule has 0 saturated heterocycles. The molecule has 1 heterocycles. The van der Waals surface area contributed by atoms with Crippen LogP contribution in [0.4, 0.5) is 0 Å². The van der Waals surface area contributed by atoms with Crippen molar-refractivity contribution < 1.29 is 0 Å². The molecule has 0 spiro atoms. The Labute approximate surface area is 106 Å². The van der Waals surface area contributed by atoms with Crippen LogP contribution >= 0.6 is 0 Å². The molecular formula is C15H15N3. The van der Waals surface area contributed by atoms with E-state index in [1.54, 1.807) is 0 Å². The van der Waals surface area contributed by atoms with Gasteiger partial charge in [0.25, 0.3) is 0 Å². The SMILES string of the molecule is N#Cc1cccc2[nH]c(C3C4CCCCC43)nc12. The number of aromatic amines is 1. The molecule has 1 N–H and O–H groups in total. The molecule has 2 aliphatic carbocycles. The molecule has 2 aliphatic rings. The maximum absolute atomic E-state index is 9.10. The van der Waals surface area contributed by atoms with Gasteiger partial charge in [0.1, 0.15) is 17.4 Å². The van der Waals surface area contributed by atoms with E-state index in [1.165, 1.54) is 25.7 Å². The second kappa shape index (κ2) is 3.58. The van der Waals surface area contributed by atoms with Gasteiger partial charge in [0.2, 0.25) is 0 Å². The minimum Gasteiger partial charge on any atom is -0.342 e. The monoisotopic (exact) mass is 237 g/mol. The van der Waals surface area contributed by atoms with Crippen LogP contribution in [0, 0.1) is 23.2 Å². The molecule has 2 atom stereocenters. The predicted molar refractivity (Wildman–Crippen MR) is 69.0 cm³/mol. The highest BCUT2D eigenvalue weighted by molar-refractivity contribution is 5.81. The van der Waals surface area contributed by atoms with Crippen LogP contribution in [0.5, 0.6) is 0 Å². The highest BCUT2D eigenvalue weighted by Crippen LogP contribution is 2.60. The maximum Gasteiger partial charge on any atom is 0.110 e. The van der Waals surface area contributed by atoms with Crippen molar-refractivity contribution in [2.75, 3.05) is 0 Å². The molecule has 3 nitrogen and oxygen atoms in total. The van der Waals surface area contributed by atoms with Crippen LogP contribution in [0.1, 0.15) is 43.0 Å². The third kappa shape index (κ3) is 1.32. The average molecular weight is 237 g/mol. The third-order valence-electron chi connectivity index (χ3n) is 4.62. The summed E-state index contributed by atoms with van der Waals surface area (Å²) < 4.78 is 0. The number of nitrogens with one attached hydrogen (secondary N) is 1. The standard InChI is InChI=1S/C15H15N3/c16-8-9-4-3-7-12-14(9)18-15(17-12)13-10-5-1-2-6-11(10)13/h3-4,7,10-11,13H,1-2,5-6H2,(H,17,18). The van der Waals surface area contributed by atoms with Crippen molar-refractivity contribution in [1.82, 2.24) is 9.97 Å². The number of hydrogen-bond donors (Lipinski definition) is 1. The quantitative estimate of drug-likeness (QED) is 0.827. The summed E-state index contributed by atoms with van der Waals surface area (Å²) in [7, 11) is 0. The Hall–Kier alpha value is -1.82. The Kier molecular flexibility index (Phi) is 2.02. The molecule has 2 fully saturated rings. The first kappa shape index (κ1) is 10.1. The zero-order valence-electron chi connectivity index (χ0n) is 10.2. The molecule has 1 aromatic carbocycles. The molecule has 2 aromatic rings. The molecule has 4 rings (SSSR count). The fourth-order valence-corrected chi connectivity index (χ4v) is 3.70. The van der Waals surface area contributed by atoms with Gasteiger partial charge in [-0.1, -0.05) is 18.9 Å². The Morgan fingerprint density at radius 2 is 2.00 bits per heavy atom. The Balaban J connectivity index is 1.77. The number of H-pyrrole nitrogens is 1. The van der Waals surface area contributed by atoms with Gasteiger partial charge in [0.15, 0.2) is 0 Å². The summed E-state index contributed by atoms with van der Waals surface area (Å²) in [6, 6.07) is 8.00. The number of hydrogen-bond acceptors (Lipinski definition) is 2. The summed E-state index contributed by atoms with van der Waals surface area (Å²) in [5.41, 5.74) is 2.53. The highest BCUT2D eigenvalue weighted by Gasteiger charge is 2.52. The molecule has 3 heteroatoms. The summed E-state index contributed by atoms with van der Waals surface area (Å²) in [6.45, 7) is 0. The van der Waals surface area contributed by atoms with Gasteiger partial charge in [-0.3, -0.25) is 0 Å². The molecule has 0 amide bonds. The molecular weight excluding hydrogens is 222 g/mol. The Bertz CT molecular complexity index is 637. The van der Waals surface area contributed by atoms with Crippen molar-refractivity contribution in [3.8, 4) is 6.07 Å². The van der Waals surface area contributed by atoms with Gasteiger partial charge in [-0.15, -0.1) is 0 Å². The number of benzene rings is 1. The van der Waals surface area contributed by atoms with E-state index in [-0.39, 0.29) is 0 Å². The van der Waals surface area contributed by atoms with Crippen LogP contribution in [0.25, 0.3) is 11.0 Å². The van der Waals surface area contributed by atoms with Gasteiger partial charge in [-0.25, -0.2) is 4.98 Å². The van der Waals surface area contributed by atoms with Gasteiger partial charge in [-0.05, 0) is 36.8 Å². The fraction of sp³-hybridized carbons (Fsp3) is 0.467. The van der Waals surface area contributed by atoms with Crippen molar-refractivity contribution in [1.29, 1.82) is 5.26 Å². The van der Waals surface area contributed by atoms with Crippen LogP contribution in [0.2, 0.25) is 0 Å². The zero-order chi connectivity index (χ0) is 12.1. The van der Waals surface area contributed by atoms with Crippen LogP contribution in [-0.2, 0) is 0 Å².